The average molecular weight is 381 g/mol. The molecule has 2 aromatic carbocycles. The maximum absolute atomic E-state index is 13.0. The summed E-state index contributed by atoms with van der Waals surface area (Å²) < 4.78 is 0. The molecule has 0 saturated carbocycles. The number of carbonyl (C=O) groups is 1. The molecule has 1 aromatic heterocycles. The molecule has 1 unspecified atom stereocenters. The van der Waals surface area contributed by atoms with Gasteiger partial charge < -0.3 is 4.90 Å². The number of fused-ring (bicyclic) bond motifs is 2. The molecule has 0 bridgehead atoms. The van der Waals surface area contributed by atoms with E-state index in [1.54, 1.807) is 11.8 Å². The lowest BCUT2D eigenvalue weighted by Crippen LogP contribution is -2.33. The maximum atomic E-state index is 13.0. The first-order valence-electron chi connectivity index (χ1n) is 8.75. The number of para-hydroxylation sites is 2. The monoisotopic (exact) mass is 380 g/mol. The number of nitrogens with zero attached hydrogens (tertiary/aromatic N) is 2. The highest BCUT2D eigenvalue weighted by Crippen LogP contribution is 2.37. The third kappa shape index (κ3) is 3.60. The van der Waals surface area contributed by atoms with Crippen molar-refractivity contribution in [1.29, 1.82) is 0 Å². The Morgan fingerprint density at radius 3 is 2.92 bits per heavy atom. The zero-order valence-corrected chi connectivity index (χ0v) is 16.2. The van der Waals surface area contributed by atoms with Crippen LogP contribution in [0.5, 0.6) is 0 Å². The summed E-state index contributed by atoms with van der Waals surface area (Å²) in [5.74, 6) is 0.597. The van der Waals surface area contributed by atoms with Crippen LogP contribution in [0.2, 0.25) is 0 Å². The first-order chi connectivity index (χ1) is 12.7. The largest absolute Gasteiger partial charge is 0.311 e. The Morgan fingerprint density at radius 1 is 1.19 bits per heavy atom. The van der Waals surface area contributed by atoms with Crippen molar-refractivity contribution in [2.45, 2.75) is 28.4 Å². The molecule has 0 aliphatic carbocycles. The van der Waals surface area contributed by atoms with Crippen molar-refractivity contribution in [3.05, 3.63) is 60.8 Å². The number of amides is 1. The minimum Gasteiger partial charge on any atom is -0.311 e. The van der Waals surface area contributed by atoms with E-state index in [1.165, 1.54) is 4.90 Å². The molecule has 0 radical (unpaired) electrons. The van der Waals surface area contributed by atoms with Crippen molar-refractivity contribution >= 4 is 46.0 Å². The lowest BCUT2D eigenvalue weighted by Gasteiger charge is -2.22. The Kier molecular flexibility index (Phi) is 5.18. The van der Waals surface area contributed by atoms with Crippen LogP contribution in [0.3, 0.4) is 0 Å². The molecular formula is C21H20N2OS2. The molecule has 0 N–H and O–H groups in total. The normalized spacial score (nSPS) is 17.0. The van der Waals surface area contributed by atoms with Crippen molar-refractivity contribution in [3.63, 3.8) is 0 Å². The molecule has 132 valence electrons. The van der Waals surface area contributed by atoms with Crippen LogP contribution in [0, 0.1) is 0 Å². The molecule has 3 nitrogen and oxygen atoms in total. The molecule has 5 heteroatoms. The molecule has 0 saturated heterocycles. The molecule has 2 heterocycles. The summed E-state index contributed by atoms with van der Waals surface area (Å²) in [5, 5.41) is 1.62. The van der Waals surface area contributed by atoms with Gasteiger partial charge >= 0.3 is 0 Å². The van der Waals surface area contributed by atoms with Gasteiger partial charge in [-0.05, 0) is 30.7 Å². The number of anilines is 1. The van der Waals surface area contributed by atoms with E-state index >= 15 is 0 Å². The van der Waals surface area contributed by atoms with Gasteiger partial charge in [0.2, 0.25) is 5.91 Å². The van der Waals surface area contributed by atoms with Crippen molar-refractivity contribution in [3.8, 4) is 0 Å². The highest BCUT2D eigenvalue weighted by molar-refractivity contribution is 8.00. The number of hydrogen-bond donors (Lipinski definition) is 0. The van der Waals surface area contributed by atoms with Gasteiger partial charge in [-0.1, -0.05) is 37.3 Å². The van der Waals surface area contributed by atoms with Gasteiger partial charge in [-0.15, -0.1) is 23.5 Å². The standard InChI is InChI=1S/C21H20N2OS2/c1-15-11-13-23(18-8-4-5-9-20(18)26-15)21(24)14-25-19-10-12-22-17-7-3-2-6-16(17)19/h2-10,12,15H,11,13-14H2,1H3. The number of thioether (sulfide) groups is 2. The molecule has 1 aliphatic heterocycles. The predicted octanol–water partition coefficient (Wildman–Crippen LogP) is 5.24. The second-order valence-corrected chi connectivity index (χ2v) is 8.84. The number of aromatic nitrogens is 1. The van der Waals surface area contributed by atoms with Crippen molar-refractivity contribution in [2.75, 3.05) is 17.2 Å². The number of benzene rings is 2. The van der Waals surface area contributed by atoms with Crippen LogP contribution in [0.15, 0.2) is 70.6 Å². The Morgan fingerprint density at radius 2 is 2.00 bits per heavy atom. The lowest BCUT2D eigenvalue weighted by atomic mass is 10.2. The summed E-state index contributed by atoms with van der Waals surface area (Å²) in [6.45, 7) is 3.01. The summed E-state index contributed by atoms with van der Waals surface area (Å²) in [6, 6.07) is 18.3. The van der Waals surface area contributed by atoms with E-state index in [1.807, 2.05) is 59.3 Å². The van der Waals surface area contributed by atoms with E-state index in [9.17, 15) is 4.79 Å². The van der Waals surface area contributed by atoms with E-state index in [0.717, 1.165) is 34.5 Å². The quantitative estimate of drug-likeness (QED) is 0.582. The van der Waals surface area contributed by atoms with Gasteiger partial charge in [-0.3, -0.25) is 9.78 Å². The number of hydrogen-bond acceptors (Lipinski definition) is 4. The van der Waals surface area contributed by atoms with Gasteiger partial charge in [0.05, 0.1) is 17.0 Å². The van der Waals surface area contributed by atoms with Gasteiger partial charge in [0.1, 0.15) is 0 Å². The van der Waals surface area contributed by atoms with Gasteiger partial charge in [0, 0.05) is 33.2 Å². The molecule has 26 heavy (non-hydrogen) atoms. The molecular weight excluding hydrogens is 360 g/mol. The number of rotatable bonds is 3. The topological polar surface area (TPSA) is 33.2 Å². The van der Waals surface area contributed by atoms with Crippen LogP contribution in [-0.2, 0) is 4.79 Å². The highest BCUT2D eigenvalue weighted by atomic mass is 32.2. The van der Waals surface area contributed by atoms with Crippen LogP contribution in [0.1, 0.15) is 13.3 Å². The molecule has 3 aromatic rings. The fourth-order valence-electron chi connectivity index (χ4n) is 3.16. The van der Waals surface area contributed by atoms with E-state index in [2.05, 4.69) is 30.1 Å². The number of carbonyl (C=O) groups excluding carboxylic acids is 1. The first kappa shape index (κ1) is 17.4. The van der Waals surface area contributed by atoms with Gasteiger partial charge in [0.25, 0.3) is 0 Å². The Labute approximate surface area is 162 Å². The Balaban J connectivity index is 1.55. The van der Waals surface area contributed by atoms with Gasteiger partial charge in [0.15, 0.2) is 0 Å². The summed E-state index contributed by atoms with van der Waals surface area (Å²) in [6.07, 6.45) is 2.82. The third-order valence-electron chi connectivity index (χ3n) is 4.50. The zero-order chi connectivity index (χ0) is 17.9. The van der Waals surface area contributed by atoms with E-state index in [0.29, 0.717) is 11.0 Å². The minimum atomic E-state index is 0.165. The molecule has 1 amide bonds. The van der Waals surface area contributed by atoms with Crippen molar-refractivity contribution < 1.29 is 4.79 Å². The van der Waals surface area contributed by atoms with E-state index in [4.69, 9.17) is 0 Å². The lowest BCUT2D eigenvalue weighted by molar-refractivity contribution is -0.116. The van der Waals surface area contributed by atoms with Gasteiger partial charge in [-0.25, -0.2) is 0 Å². The highest BCUT2D eigenvalue weighted by Gasteiger charge is 2.24. The summed E-state index contributed by atoms with van der Waals surface area (Å²) in [7, 11) is 0. The first-order valence-corrected chi connectivity index (χ1v) is 10.6. The molecule has 0 fully saturated rings. The fraction of sp³-hybridized carbons (Fsp3) is 0.238. The van der Waals surface area contributed by atoms with Crippen LogP contribution < -0.4 is 4.90 Å². The Hall–Kier alpha value is -1.98. The van der Waals surface area contributed by atoms with Crippen LogP contribution >= 0.6 is 23.5 Å². The third-order valence-corrected chi connectivity index (χ3v) is 6.80. The molecule has 0 spiro atoms. The molecule has 1 atom stereocenters. The zero-order valence-electron chi connectivity index (χ0n) is 14.6. The SMILES string of the molecule is CC1CCN(C(=O)CSc2ccnc3ccccc23)c2ccccc2S1. The predicted molar refractivity (Wildman–Crippen MR) is 111 cm³/mol. The Bertz CT molecular complexity index is 939. The van der Waals surface area contributed by atoms with Crippen molar-refractivity contribution in [2.24, 2.45) is 0 Å². The fourth-order valence-corrected chi connectivity index (χ4v) is 5.19. The van der Waals surface area contributed by atoms with Crippen LogP contribution in [-0.4, -0.2) is 28.4 Å². The second kappa shape index (κ2) is 7.72. The van der Waals surface area contributed by atoms with E-state index < -0.39 is 0 Å². The van der Waals surface area contributed by atoms with Crippen LogP contribution in [0.4, 0.5) is 5.69 Å². The second-order valence-electron chi connectivity index (χ2n) is 6.35. The maximum Gasteiger partial charge on any atom is 0.237 e. The summed E-state index contributed by atoms with van der Waals surface area (Å²) in [5.41, 5.74) is 2.02. The van der Waals surface area contributed by atoms with Gasteiger partial charge in [-0.2, -0.15) is 0 Å². The minimum absolute atomic E-state index is 0.165. The molecule has 4 rings (SSSR count). The summed E-state index contributed by atoms with van der Waals surface area (Å²) >= 11 is 3.46. The number of pyridine rings is 1. The van der Waals surface area contributed by atoms with E-state index in [-0.39, 0.29) is 5.91 Å². The smallest absolute Gasteiger partial charge is 0.237 e. The summed E-state index contributed by atoms with van der Waals surface area (Å²) in [4.78, 5) is 21.7. The average Bonchev–Trinajstić information content (AvgIpc) is 2.84. The van der Waals surface area contributed by atoms with Crippen molar-refractivity contribution in [1.82, 2.24) is 4.98 Å². The van der Waals surface area contributed by atoms with Crippen LogP contribution in [0.25, 0.3) is 10.9 Å². The molecule has 1 aliphatic rings.